The summed E-state index contributed by atoms with van der Waals surface area (Å²) in [5.74, 6) is 0.263. The predicted octanol–water partition coefficient (Wildman–Crippen LogP) is 4.82. The van der Waals surface area contributed by atoms with E-state index in [9.17, 15) is 9.59 Å². The van der Waals surface area contributed by atoms with Crippen molar-refractivity contribution < 1.29 is 19.1 Å². The van der Waals surface area contributed by atoms with Crippen molar-refractivity contribution in [3.8, 4) is 5.75 Å². The summed E-state index contributed by atoms with van der Waals surface area (Å²) < 4.78 is 11.8. The van der Waals surface area contributed by atoms with E-state index in [2.05, 4.69) is 36.6 Å². The summed E-state index contributed by atoms with van der Waals surface area (Å²) in [6.45, 7) is 2.47. The number of rotatable bonds is 6. The Labute approximate surface area is 157 Å². The first-order valence-electron chi connectivity index (χ1n) is 7.28. The number of carbonyl (C=O) groups excluding carboxylic acids is 2. The van der Waals surface area contributed by atoms with Crippen LogP contribution in [0.15, 0.2) is 45.3 Å². The van der Waals surface area contributed by atoms with Crippen LogP contribution in [0, 0.1) is 0 Å². The zero-order valence-electron chi connectivity index (χ0n) is 13.3. The second kappa shape index (κ2) is 8.44. The van der Waals surface area contributed by atoms with E-state index >= 15 is 0 Å². The SMILES string of the molecule is CCOc1c(Br)cc(CC(=O)c2ccc(C(=O)OC)cc2)cc1Br. The summed E-state index contributed by atoms with van der Waals surface area (Å²) in [4.78, 5) is 23.8. The molecule has 0 atom stereocenters. The van der Waals surface area contributed by atoms with Gasteiger partial charge in [0.05, 0.1) is 28.2 Å². The largest absolute Gasteiger partial charge is 0.492 e. The minimum atomic E-state index is -0.423. The van der Waals surface area contributed by atoms with Gasteiger partial charge in [0.1, 0.15) is 5.75 Å². The van der Waals surface area contributed by atoms with Crippen LogP contribution in [0.1, 0.15) is 33.2 Å². The quantitative estimate of drug-likeness (QED) is 0.462. The molecule has 0 N–H and O–H groups in total. The summed E-state index contributed by atoms with van der Waals surface area (Å²) in [6.07, 6.45) is 0.251. The molecule has 2 rings (SSSR count). The number of ether oxygens (including phenoxy) is 2. The fraction of sp³-hybridized carbons (Fsp3) is 0.222. The number of Topliss-reactive ketones (excluding diaryl/α,β-unsaturated/α-hetero) is 1. The lowest BCUT2D eigenvalue weighted by atomic mass is 10.0. The maximum Gasteiger partial charge on any atom is 0.337 e. The third kappa shape index (κ3) is 4.45. The summed E-state index contributed by atoms with van der Waals surface area (Å²) in [5.41, 5.74) is 1.82. The highest BCUT2D eigenvalue weighted by atomic mass is 79.9. The van der Waals surface area contributed by atoms with Gasteiger partial charge in [-0.2, -0.15) is 0 Å². The standard InChI is InChI=1S/C18H16Br2O4/c1-3-24-17-14(19)8-11(9-15(17)20)10-16(21)12-4-6-13(7-5-12)18(22)23-2/h4-9H,3,10H2,1-2H3. The lowest BCUT2D eigenvalue weighted by Crippen LogP contribution is -2.06. The number of methoxy groups -OCH3 is 1. The topological polar surface area (TPSA) is 52.6 Å². The van der Waals surface area contributed by atoms with Crippen molar-refractivity contribution in [3.63, 3.8) is 0 Å². The molecule has 0 aliphatic heterocycles. The maximum atomic E-state index is 12.4. The minimum Gasteiger partial charge on any atom is -0.492 e. The number of benzene rings is 2. The van der Waals surface area contributed by atoms with Crippen molar-refractivity contribution in [2.75, 3.05) is 13.7 Å². The number of hydrogen-bond donors (Lipinski definition) is 0. The number of ketones is 1. The Morgan fingerprint density at radius 2 is 1.54 bits per heavy atom. The van der Waals surface area contributed by atoms with Crippen LogP contribution in [0.5, 0.6) is 5.75 Å². The molecule has 0 aromatic heterocycles. The minimum absolute atomic E-state index is 0.0330. The normalized spacial score (nSPS) is 10.3. The Hall–Kier alpha value is -1.66. The highest BCUT2D eigenvalue weighted by Crippen LogP contribution is 2.35. The van der Waals surface area contributed by atoms with Crippen LogP contribution in [-0.2, 0) is 11.2 Å². The molecule has 4 nitrogen and oxygen atoms in total. The van der Waals surface area contributed by atoms with Gasteiger partial charge in [-0.15, -0.1) is 0 Å². The number of halogens is 2. The van der Waals surface area contributed by atoms with E-state index in [4.69, 9.17) is 4.74 Å². The molecule has 0 saturated heterocycles. The van der Waals surface area contributed by atoms with Crippen LogP contribution in [0.3, 0.4) is 0 Å². The van der Waals surface area contributed by atoms with E-state index in [0.717, 1.165) is 20.3 Å². The first-order valence-corrected chi connectivity index (χ1v) is 8.87. The summed E-state index contributed by atoms with van der Waals surface area (Å²) in [6, 6.07) is 10.2. The second-order valence-corrected chi connectivity index (χ2v) is 6.70. The molecular formula is C18H16Br2O4. The summed E-state index contributed by atoms with van der Waals surface area (Å²) >= 11 is 6.92. The molecule has 0 spiro atoms. The number of carbonyl (C=O) groups is 2. The van der Waals surface area contributed by atoms with Crippen molar-refractivity contribution in [2.45, 2.75) is 13.3 Å². The average molecular weight is 456 g/mol. The van der Waals surface area contributed by atoms with Gasteiger partial charge >= 0.3 is 5.97 Å². The molecule has 0 heterocycles. The molecule has 0 aliphatic carbocycles. The summed E-state index contributed by atoms with van der Waals surface area (Å²) in [5, 5.41) is 0. The summed E-state index contributed by atoms with van der Waals surface area (Å²) in [7, 11) is 1.32. The van der Waals surface area contributed by atoms with Crippen LogP contribution >= 0.6 is 31.9 Å². The Kier molecular flexibility index (Phi) is 6.57. The van der Waals surface area contributed by atoms with Crippen LogP contribution < -0.4 is 4.74 Å². The molecule has 0 saturated carbocycles. The van der Waals surface area contributed by atoms with Gasteiger partial charge in [0.15, 0.2) is 5.78 Å². The Morgan fingerprint density at radius 3 is 2.04 bits per heavy atom. The molecule has 0 bridgehead atoms. The lowest BCUT2D eigenvalue weighted by molar-refractivity contribution is 0.0600. The third-order valence-corrected chi connectivity index (χ3v) is 4.52. The molecule has 0 amide bonds. The monoisotopic (exact) mass is 454 g/mol. The van der Waals surface area contributed by atoms with Gasteiger partial charge in [-0.25, -0.2) is 4.79 Å². The van der Waals surface area contributed by atoms with Crippen molar-refractivity contribution in [1.82, 2.24) is 0 Å². The van der Waals surface area contributed by atoms with E-state index < -0.39 is 5.97 Å². The van der Waals surface area contributed by atoms with Gasteiger partial charge < -0.3 is 9.47 Å². The van der Waals surface area contributed by atoms with Crippen LogP contribution in [-0.4, -0.2) is 25.5 Å². The van der Waals surface area contributed by atoms with Gasteiger partial charge in [0, 0.05) is 12.0 Å². The van der Waals surface area contributed by atoms with Gasteiger partial charge in [-0.3, -0.25) is 4.79 Å². The number of esters is 1. The zero-order chi connectivity index (χ0) is 17.7. The zero-order valence-corrected chi connectivity index (χ0v) is 16.4. The van der Waals surface area contributed by atoms with Crippen LogP contribution in [0.2, 0.25) is 0 Å². The first-order chi connectivity index (χ1) is 11.5. The van der Waals surface area contributed by atoms with Gasteiger partial charge in [0.25, 0.3) is 0 Å². The highest BCUT2D eigenvalue weighted by Gasteiger charge is 2.13. The molecule has 6 heteroatoms. The molecule has 0 unspecified atom stereocenters. The van der Waals surface area contributed by atoms with Gasteiger partial charge in [0.2, 0.25) is 0 Å². The van der Waals surface area contributed by atoms with E-state index in [1.807, 2.05) is 19.1 Å². The lowest BCUT2D eigenvalue weighted by Gasteiger charge is -2.11. The third-order valence-electron chi connectivity index (χ3n) is 3.34. The van der Waals surface area contributed by atoms with E-state index in [1.165, 1.54) is 7.11 Å². The Bertz CT molecular complexity index is 731. The van der Waals surface area contributed by atoms with Crippen molar-refractivity contribution >= 4 is 43.6 Å². The maximum absolute atomic E-state index is 12.4. The fourth-order valence-electron chi connectivity index (χ4n) is 2.19. The van der Waals surface area contributed by atoms with Crippen molar-refractivity contribution in [1.29, 1.82) is 0 Å². The first kappa shape index (κ1) is 18.7. The van der Waals surface area contributed by atoms with Crippen LogP contribution in [0.4, 0.5) is 0 Å². The molecule has 126 valence electrons. The molecule has 0 radical (unpaired) electrons. The van der Waals surface area contributed by atoms with Gasteiger partial charge in [-0.05, 0) is 68.6 Å². The van der Waals surface area contributed by atoms with Gasteiger partial charge in [-0.1, -0.05) is 12.1 Å². The predicted molar refractivity (Wildman–Crippen MR) is 98.8 cm³/mol. The molecule has 24 heavy (non-hydrogen) atoms. The molecule has 2 aromatic carbocycles. The molecule has 0 fully saturated rings. The van der Waals surface area contributed by atoms with E-state index in [1.54, 1.807) is 24.3 Å². The highest BCUT2D eigenvalue weighted by molar-refractivity contribution is 9.11. The van der Waals surface area contributed by atoms with E-state index in [-0.39, 0.29) is 12.2 Å². The number of hydrogen-bond acceptors (Lipinski definition) is 4. The Morgan fingerprint density at radius 1 is 1.00 bits per heavy atom. The van der Waals surface area contributed by atoms with Crippen LogP contribution in [0.25, 0.3) is 0 Å². The molecular weight excluding hydrogens is 440 g/mol. The Balaban J connectivity index is 2.16. The second-order valence-electron chi connectivity index (χ2n) is 4.99. The van der Waals surface area contributed by atoms with E-state index in [0.29, 0.717) is 17.7 Å². The molecule has 2 aromatic rings. The molecule has 0 aliphatic rings. The van der Waals surface area contributed by atoms with Crippen molar-refractivity contribution in [2.24, 2.45) is 0 Å². The smallest absolute Gasteiger partial charge is 0.337 e. The van der Waals surface area contributed by atoms with Crippen molar-refractivity contribution in [3.05, 3.63) is 62.0 Å². The fourth-order valence-corrected chi connectivity index (χ4v) is 3.70. The average Bonchev–Trinajstić information content (AvgIpc) is 2.57.